The van der Waals surface area contributed by atoms with Gasteiger partial charge in [-0.3, -0.25) is 4.79 Å². The molecule has 6 heteroatoms. The van der Waals surface area contributed by atoms with Gasteiger partial charge in [-0.2, -0.15) is 11.3 Å². The van der Waals surface area contributed by atoms with Gasteiger partial charge < -0.3 is 15.1 Å². The van der Waals surface area contributed by atoms with Crippen molar-refractivity contribution >= 4 is 23.3 Å². The Morgan fingerprint density at radius 3 is 2.54 bits per heavy atom. The Morgan fingerprint density at radius 2 is 1.79 bits per heavy atom. The van der Waals surface area contributed by atoms with E-state index in [2.05, 4.69) is 5.32 Å². The van der Waals surface area contributed by atoms with Crippen LogP contribution in [0.5, 0.6) is 0 Å². The fourth-order valence-corrected chi connectivity index (χ4v) is 4.26. The number of hydrogen-bond donors (Lipinski definition) is 1. The second-order valence-electron chi connectivity index (χ2n) is 6.83. The highest BCUT2D eigenvalue weighted by molar-refractivity contribution is 7.08. The molecule has 5 nitrogen and oxygen atoms in total. The first-order valence-electron chi connectivity index (χ1n) is 9.08. The first kappa shape index (κ1) is 17.3. The van der Waals surface area contributed by atoms with Crippen LogP contribution in [0.25, 0.3) is 0 Å². The van der Waals surface area contributed by atoms with Gasteiger partial charge in [-0.05, 0) is 36.6 Å². The second-order valence-corrected chi connectivity index (χ2v) is 7.61. The molecule has 3 amide bonds. The molecule has 1 saturated carbocycles. The van der Waals surface area contributed by atoms with Crippen molar-refractivity contribution in [3.63, 3.8) is 0 Å². The number of nitrogens with zero attached hydrogens (tertiary/aromatic N) is 2. The SMILES string of the molecule is O=C(NCC1CCCCC1)N1CCCN(C(=O)c2ccsc2)CC1. The molecule has 0 aromatic carbocycles. The zero-order chi connectivity index (χ0) is 16.8. The molecule has 24 heavy (non-hydrogen) atoms. The van der Waals surface area contributed by atoms with Crippen LogP contribution in [0.1, 0.15) is 48.9 Å². The lowest BCUT2D eigenvalue weighted by Gasteiger charge is -2.25. The fraction of sp³-hybridized carbons (Fsp3) is 0.667. The van der Waals surface area contributed by atoms with Crippen LogP contribution in [-0.4, -0.2) is 54.5 Å². The molecule has 1 aromatic heterocycles. The molecule has 0 atom stereocenters. The van der Waals surface area contributed by atoms with Crippen molar-refractivity contribution in [2.75, 3.05) is 32.7 Å². The number of carbonyl (C=O) groups is 2. The molecule has 0 unspecified atom stereocenters. The fourth-order valence-electron chi connectivity index (χ4n) is 3.63. The van der Waals surface area contributed by atoms with Gasteiger partial charge in [0.05, 0.1) is 5.56 Å². The Bertz CT molecular complexity index is 540. The van der Waals surface area contributed by atoms with E-state index in [9.17, 15) is 9.59 Å². The van der Waals surface area contributed by atoms with Gasteiger partial charge in [0, 0.05) is 38.1 Å². The van der Waals surface area contributed by atoms with Crippen molar-refractivity contribution in [1.82, 2.24) is 15.1 Å². The number of hydrogen-bond acceptors (Lipinski definition) is 3. The van der Waals surface area contributed by atoms with E-state index in [4.69, 9.17) is 0 Å². The average Bonchev–Trinajstić information content (AvgIpc) is 3.04. The molecule has 1 aliphatic heterocycles. The van der Waals surface area contributed by atoms with E-state index in [1.165, 1.54) is 32.1 Å². The number of amides is 3. The minimum Gasteiger partial charge on any atom is -0.338 e. The maximum atomic E-state index is 12.4. The molecular formula is C18H27N3O2S. The van der Waals surface area contributed by atoms with E-state index in [1.807, 2.05) is 26.6 Å². The molecule has 0 spiro atoms. The molecule has 132 valence electrons. The number of urea groups is 1. The largest absolute Gasteiger partial charge is 0.338 e. The Hall–Kier alpha value is -1.56. The third kappa shape index (κ3) is 4.50. The molecule has 2 aliphatic rings. The molecule has 1 N–H and O–H groups in total. The van der Waals surface area contributed by atoms with Gasteiger partial charge in [0.15, 0.2) is 0 Å². The van der Waals surface area contributed by atoms with Gasteiger partial charge >= 0.3 is 6.03 Å². The monoisotopic (exact) mass is 349 g/mol. The van der Waals surface area contributed by atoms with Crippen molar-refractivity contribution in [2.45, 2.75) is 38.5 Å². The van der Waals surface area contributed by atoms with E-state index in [0.717, 1.165) is 31.6 Å². The quantitative estimate of drug-likeness (QED) is 0.911. The predicted molar refractivity (Wildman–Crippen MR) is 96.4 cm³/mol. The van der Waals surface area contributed by atoms with E-state index in [1.54, 1.807) is 11.3 Å². The van der Waals surface area contributed by atoms with Crippen LogP contribution in [0.4, 0.5) is 4.79 Å². The van der Waals surface area contributed by atoms with Crippen molar-refractivity contribution in [3.8, 4) is 0 Å². The lowest BCUT2D eigenvalue weighted by Crippen LogP contribution is -2.44. The summed E-state index contributed by atoms with van der Waals surface area (Å²) >= 11 is 1.54. The first-order chi connectivity index (χ1) is 11.7. The minimum atomic E-state index is 0.0328. The number of thiophene rings is 1. The molecular weight excluding hydrogens is 322 g/mol. The highest BCUT2D eigenvalue weighted by atomic mass is 32.1. The lowest BCUT2D eigenvalue weighted by atomic mass is 9.89. The second kappa shape index (κ2) is 8.51. The van der Waals surface area contributed by atoms with Gasteiger partial charge in [0.2, 0.25) is 0 Å². The predicted octanol–water partition coefficient (Wildman–Crippen LogP) is 3.19. The smallest absolute Gasteiger partial charge is 0.317 e. The third-order valence-electron chi connectivity index (χ3n) is 5.11. The molecule has 3 rings (SSSR count). The van der Waals surface area contributed by atoms with Gasteiger partial charge in [0.1, 0.15) is 0 Å². The van der Waals surface area contributed by atoms with E-state index in [0.29, 0.717) is 19.0 Å². The zero-order valence-corrected chi connectivity index (χ0v) is 15.0. The summed E-state index contributed by atoms with van der Waals surface area (Å²) in [6, 6.07) is 1.90. The Balaban J connectivity index is 1.46. The lowest BCUT2D eigenvalue weighted by molar-refractivity contribution is 0.0763. The van der Waals surface area contributed by atoms with Gasteiger partial charge in [0.25, 0.3) is 5.91 Å². The van der Waals surface area contributed by atoms with Crippen LogP contribution < -0.4 is 5.32 Å². The molecule has 1 aliphatic carbocycles. The zero-order valence-electron chi connectivity index (χ0n) is 14.2. The average molecular weight is 350 g/mol. The Kier molecular flexibility index (Phi) is 6.12. The maximum absolute atomic E-state index is 12.4. The van der Waals surface area contributed by atoms with Gasteiger partial charge in [-0.25, -0.2) is 4.79 Å². The van der Waals surface area contributed by atoms with Crippen molar-refractivity contribution in [1.29, 1.82) is 0 Å². The van der Waals surface area contributed by atoms with Crippen LogP contribution in [0.15, 0.2) is 16.8 Å². The van der Waals surface area contributed by atoms with E-state index in [-0.39, 0.29) is 11.9 Å². The molecule has 1 saturated heterocycles. The standard InChI is InChI=1S/C18H27N3O2S/c22-17(16-7-12-24-14-16)20-8-4-9-21(11-10-20)18(23)19-13-15-5-2-1-3-6-15/h7,12,14-15H,1-6,8-11,13H2,(H,19,23). The summed E-state index contributed by atoms with van der Waals surface area (Å²) < 4.78 is 0. The Morgan fingerprint density at radius 1 is 1.04 bits per heavy atom. The molecule has 2 heterocycles. The summed E-state index contributed by atoms with van der Waals surface area (Å²) in [6.07, 6.45) is 7.25. The van der Waals surface area contributed by atoms with Gasteiger partial charge in [-0.1, -0.05) is 19.3 Å². The number of nitrogens with one attached hydrogen (secondary N) is 1. The summed E-state index contributed by atoms with van der Waals surface area (Å²) in [5.74, 6) is 0.729. The van der Waals surface area contributed by atoms with Crippen molar-refractivity contribution < 1.29 is 9.59 Å². The maximum Gasteiger partial charge on any atom is 0.317 e. The van der Waals surface area contributed by atoms with Gasteiger partial charge in [-0.15, -0.1) is 0 Å². The van der Waals surface area contributed by atoms with Crippen LogP contribution in [0, 0.1) is 5.92 Å². The normalized spacial score (nSPS) is 19.8. The summed E-state index contributed by atoms with van der Waals surface area (Å²) in [6.45, 7) is 3.48. The van der Waals surface area contributed by atoms with Crippen LogP contribution in [0.2, 0.25) is 0 Å². The number of carbonyl (C=O) groups excluding carboxylic acids is 2. The summed E-state index contributed by atoms with van der Waals surface area (Å²) in [5, 5.41) is 6.92. The molecule has 1 aromatic rings. The highest BCUT2D eigenvalue weighted by Crippen LogP contribution is 2.22. The molecule has 0 radical (unpaired) electrons. The molecule has 0 bridgehead atoms. The Labute approximate surface area is 148 Å². The first-order valence-corrected chi connectivity index (χ1v) is 10.0. The third-order valence-corrected chi connectivity index (χ3v) is 5.79. The molecule has 2 fully saturated rings. The van der Waals surface area contributed by atoms with E-state index < -0.39 is 0 Å². The minimum absolute atomic E-state index is 0.0328. The number of rotatable bonds is 3. The van der Waals surface area contributed by atoms with Crippen LogP contribution >= 0.6 is 11.3 Å². The summed E-state index contributed by atoms with van der Waals surface area (Å²) in [5.41, 5.74) is 0.759. The van der Waals surface area contributed by atoms with Crippen molar-refractivity contribution in [2.24, 2.45) is 5.92 Å². The summed E-state index contributed by atoms with van der Waals surface area (Å²) in [7, 11) is 0. The van der Waals surface area contributed by atoms with Crippen LogP contribution in [-0.2, 0) is 0 Å². The van der Waals surface area contributed by atoms with Crippen LogP contribution in [0.3, 0.4) is 0 Å². The van der Waals surface area contributed by atoms with E-state index >= 15 is 0 Å². The summed E-state index contributed by atoms with van der Waals surface area (Å²) in [4.78, 5) is 28.6. The van der Waals surface area contributed by atoms with Crippen molar-refractivity contribution in [3.05, 3.63) is 22.4 Å². The topological polar surface area (TPSA) is 52.7 Å². The highest BCUT2D eigenvalue weighted by Gasteiger charge is 2.23.